The van der Waals surface area contributed by atoms with Gasteiger partial charge in [0.2, 0.25) is 0 Å². The highest BCUT2D eigenvalue weighted by Gasteiger charge is 2.24. The average molecular weight is 261 g/mol. The molecule has 106 valence electrons. The molecular formula is C17H27NO. The van der Waals surface area contributed by atoms with Crippen molar-refractivity contribution in [2.75, 3.05) is 7.05 Å². The minimum absolute atomic E-state index is 0.474. The van der Waals surface area contributed by atoms with Crippen LogP contribution in [-0.2, 0) is 17.9 Å². The molecule has 0 radical (unpaired) electrons. The molecule has 2 rings (SSSR count). The van der Waals surface area contributed by atoms with E-state index < -0.39 is 0 Å². The first-order chi connectivity index (χ1) is 9.35. The molecule has 0 spiro atoms. The van der Waals surface area contributed by atoms with E-state index in [1.807, 2.05) is 7.05 Å². The predicted octanol–water partition coefficient (Wildman–Crippen LogP) is 3.89. The summed E-state index contributed by atoms with van der Waals surface area (Å²) in [5, 5.41) is 3.23. The number of ether oxygens (including phenoxy) is 1. The SMILES string of the molecule is CCC1CCCCC1OCc1ccccc1CNC. The van der Waals surface area contributed by atoms with Gasteiger partial charge in [0, 0.05) is 6.54 Å². The lowest BCUT2D eigenvalue weighted by molar-refractivity contribution is -0.0224. The van der Waals surface area contributed by atoms with E-state index in [9.17, 15) is 0 Å². The highest BCUT2D eigenvalue weighted by Crippen LogP contribution is 2.30. The van der Waals surface area contributed by atoms with Gasteiger partial charge in [-0.05, 0) is 36.9 Å². The Bertz CT molecular complexity index is 377. The topological polar surface area (TPSA) is 21.3 Å². The van der Waals surface area contributed by atoms with E-state index in [1.54, 1.807) is 0 Å². The smallest absolute Gasteiger partial charge is 0.0723 e. The minimum Gasteiger partial charge on any atom is -0.373 e. The molecule has 0 aliphatic heterocycles. The van der Waals surface area contributed by atoms with E-state index in [-0.39, 0.29) is 0 Å². The first-order valence-corrected chi connectivity index (χ1v) is 7.68. The molecule has 1 aliphatic carbocycles. The van der Waals surface area contributed by atoms with Gasteiger partial charge < -0.3 is 10.1 Å². The van der Waals surface area contributed by atoms with Crippen LogP contribution in [-0.4, -0.2) is 13.2 Å². The summed E-state index contributed by atoms with van der Waals surface area (Å²) in [5.74, 6) is 0.769. The van der Waals surface area contributed by atoms with Gasteiger partial charge in [-0.15, -0.1) is 0 Å². The molecule has 0 saturated heterocycles. The Hall–Kier alpha value is -0.860. The molecule has 1 N–H and O–H groups in total. The van der Waals surface area contributed by atoms with Crippen LogP contribution in [0.25, 0.3) is 0 Å². The van der Waals surface area contributed by atoms with Crippen LogP contribution in [0.15, 0.2) is 24.3 Å². The third-order valence-electron chi connectivity index (χ3n) is 4.30. The van der Waals surface area contributed by atoms with Gasteiger partial charge in [0.25, 0.3) is 0 Å². The van der Waals surface area contributed by atoms with Gasteiger partial charge in [-0.3, -0.25) is 0 Å². The number of benzene rings is 1. The van der Waals surface area contributed by atoms with Crippen LogP contribution in [0.2, 0.25) is 0 Å². The summed E-state index contributed by atoms with van der Waals surface area (Å²) < 4.78 is 6.23. The maximum atomic E-state index is 6.23. The maximum Gasteiger partial charge on any atom is 0.0723 e. The highest BCUT2D eigenvalue weighted by molar-refractivity contribution is 5.26. The molecule has 0 bridgehead atoms. The molecule has 1 aromatic rings. The van der Waals surface area contributed by atoms with E-state index >= 15 is 0 Å². The summed E-state index contributed by atoms with van der Waals surface area (Å²) in [7, 11) is 1.99. The molecule has 0 heterocycles. The molecule has 2 atom stereocenters. The molecule has 1 saturated carbocycles. The van der Waals surface area contributed by atoms with Crippen molar-refractivity contribution in [1.29, 1.82) is 0 Å². The van der Waals surface area contributed by atoms with Gasteiger partial charge in [-0.25, -0.2) is 0 Å². The standard InChI is InChI=1S/C17H27NO/c1-3-14-8-6-7-11-17(14)19-13-16-10-5-4-9-15(16)12-18-2/h4-5,9-10,14,17-18H,3,6-8,11-13H2,1-2H3. The second kappa shape index (κ2) is 7.66. The molecule has 0 aromatic heterocycles. The molecule has 1 aromatic carbocycles. The van der Waals surface area contributed by atoms with E-state index in [2.05, 4.69) is 36.5 Å². The summed E-state index contributed by atoms with van der Waals surface area (Å²) in [4.78, 5) is 0. The minimum atomic E-state index is 0.474. The zero-order valence-corrected chi connectivity index (χ0v) is 12.3. The van der Waals surface area contributed by atoms with Crippen LogP contribution in [0.3, 0.4) is 0 Å². The fraction of sp³-hybridized carbons (Fsp3) is 0.647. The van der Waals surface area contributed by atoms with Crippen molar-refractivity contribution in [3.8, 4) is 0 Å². The number of nitrogens with one attached hydrogen (secondary N) is 1. The van der Waals surface area contributed by atoms with E-state index in [1.165, 1.54) is 43.2 Å². The monoisotopic (exact) mass is 261 g/mol. The number of hydrogen-bond acceptors (Lipinski definition) is 2. The lowest BCUT2D eigenvalue weighted by Crippen LogP contribution is -2.27. The van der Waals surface area contributed by atoms with Crippen molar-refractivity contribution < 1.29 is 4.74 Å². The normalized spacial score (nSPS) is 23.5. The second-order valence-corrected chi connectivity index (χ2v) is 5.60. The lowest BCUT2D eigenvalue weighted by atomic mass is 9.85. The first kappa shape index (κ1) is 14.5. The van der Waals surface area contributed by atoms with Crippen molar-refractivity contribution in [2.24, 2.45) is 5.92 Å². The molecule has 19 heavy (non-hydrogen) atoms. The fourth-order valence-corrected chi connectivity index (χ4v) is 3.12. The largest absolute Gasteiger partial charge is 0.373 e. The summed E-state index contributed by atoms with van der Waals surface area (Å²) >= 11 is 0. The van der Waals surface area contributed by atoms with E-state index in [0.717, 1.165) is 19.1 Å². The molecular weight excluding hydrogens is 234 g/mol. The Morgan fingerprint density at radius 3 is 2.63 bits per heavy atom. The van der Waals surface area contributed by atoms with Gasteiger partial charge in [-0.2, -0.15) is 0 Å². The first-order valence-electron chi connectivity index (χ1n) is 7.68. The van der Waals surface area contributed by atoms with Crippen molar-refractivity contribution in [1.82, 2.24) is 5.32 Å². The third-order valence-corrected chi connectivity index (χ3v) is 4.30. The van der Waals surface area contributed by atoms with Crippen LogP contribution < -0.4 is 5.32 Å². The van der Waals surface area contributed by atoms with Crippen LogP contribution in [0.4, 0.5) is 0 Å². The average Bonchev–Trinajstić information content (AvgIpc) is 2.47. The zero-order valence-electron chi connectivity index (χ0n) is 12.3. The molecule has 1 fully saturated rings. The Balaban J connectivity index is 1.93. The predicted molar refractivity (Wildman–Crippen MR) is 80.0 cm³/mol. The Labute approximate surface area is 117 Å². The van der Waals surface area contributed by atoms with Gasteiger partial charge in [0.05, 0.1) is 12.7 Å². The molecule has 1 aliphatic rings. The molecule has 0 amide bonds. The van der Waals surface area contributed by atoms with Crippen LogP contribution in [0.5, 0.6) is 0 Å². The Morgan fingerprint density at radius 2 is 1.89 bits per heavy atom. The molecule has 2 heteroatoms. The van der Waals surface area contributed by atoms with Gasteiger partial charge in [0.1, 0.15) is 0 Å². The maximum absolute atomic E-state index is 6.23. The van der Waals surface area contributed by atoms with E-state index in [4.69, 9.17) is 4.74 Å². The van der Waals surface area contributed by atoms with Crippen molar-refractivity contribution in [3.05, 3.63) is 35.4 Å². The third kappa shape index (κ3) is 4.05. The summed E-state index contributed by atoms with van der Waals surface area (Å²) in [6.45, 7) is 3.97. The molecule has 2 nitrogen and oxygen atoms in total. The lowest BCUT2D eigenvalue weighted by Gasteiger charge is -2.31. The Morgan fingerprint density at radius 1 is 1.16 bits per heavy atom. The van der Waals surface area contributed by atoms with Gasteiger partial charge in [0.15, 0.2) is 0 Å². The van der Waals surface area contributed by atoms with Crippen molar-refractivity contribution in [2.45, 2.75) is 58.3 Å². The van der Waals surface area contributed by atoms with Gasteiger partial charge in [-0.1, -0.05) is 50.5 Å². The number of rotatable bonds is 6. The summed E-state index contributed by atoms with van der Waals surface area (Å²) in [6.07, 6.45) is 7.03. The van der Waals surface area contributed by atoms with Crippen LogP contribution in [0, 0.1) is 5.92 Å². The summed E-state index contributed by atoms with van der Waals surface area (Å²) in [6, 6.07) is 8.59. The Kier molecular flexibility index (Phi) is 5.87. The zero-order chi connectivity index (χ0) is 13.5. The molecule has 2 unspecified atom stereocenters. The van der Waals surface area contributed by atoms with Crippen LogP contribution in [0.1, 0.15) is 50.2 Å². The summed E-state index contributed by atoms with van der Waals surface area (Å²) in [5.41, 5.74) is 2.69. The number of hydrogen-bond donors (Lipinski definition) is 1. The second-order valence-electron chi connectivity index (χ2n) is 5.60. The van der Waals surface area contributed by atoms with Crippen molar-refractivity contribution >= 4 is 0 Å². The quantitative estimate of drug-likeness (QED) is 0.838. The highest BCUT2D eigenvalue weighted by atomic mass is 16.5. The van der Waals surface area contributed by atoms with Gasteiger partial charge >= 0.3 is 0 Å². The fourth-order valence-electron chi connectivity index (χ4n) is 3.12. The van der Waals surface area contributed by atoms with E-state index in [0.29, 0.717) is 6.10 Å². The van der Waals surface area contributed by atoms with Crippen molar-refractivity contribution in [3.63, 3.8) is 0 Å². The van der Waals surface area contributed by atoms with Crippen LogP contribution >= 0.6 is 0 Å².